The van der Waals surface area contributed by atoms with Gasteiger partial charge in [-0.05, 0) is 31.5 Å². The molecule has 3 N–H and O–H groups in total. The van der Waals surface area contributed by atoms with Crippen molar-refractivity contribution in [3.05, 3.63) is 24.0 Å². The minimum atomic E-state index is -0.162. The Labute approximate surface area is 117 Å². The standard InChI is InChI=1S/C14H19N3O3/c1-3-5-12(19-4-2)13-16-14(20-17-13)9-6-7-10(15)11(18)8-9/h6-8,12,18H,3-5,15H2,1-2H3. The van der Waals surface area contributed by atoms with Crippen LogP contribution < -0.4 is 5.73 Å². The molecule has 1 aromatic carbocycles. The molecule has 1 heterocycles. The van der Waals surface area contributed by atoms with Crippen molar-refractivity contribution in [1.29, 1.82) is 0 Å². The van der Waals surface area contributed by atoms with Crippen LogP contribution in [-0.2, 0) is 4.74 Å². The Bertz CT molecular complexity index is 563. The molecule has 0 fully saturated rings. The van der Waals surface area contributed by atoms with Crippen molar-refractivity contribution < 1.29 is 14.4 Å². The highest BCUT2D eigenvalue weighted by Gasteiger charge is 2.18. The van der Waals surface area contributed by atoms with Crippen molar-refractivity contribution in [1.82, 2.24) is 10.1 Å². The SMILES string of the molecule is CCCC(OCC)c1noc(-c2ccc(N)c(O)c2)n1. The van der Waals surface area contributed by atoms with E-state index in [0.29, 0.717) is 29.6 Å². The summed E-state index contributed by atoms with van der Waals surface area (Å²) in [5.74, 6) is 0.869. The molecule has 6 heteroatoms. The molecule has 0 saturated carbocycles. The molecule has 0 aliphatic carbocycles. The second kappa shape index (κ2) is 6.38. The van der Waals surface area contributed by atoms with Gasteiger partial charge in [0.2, 0.25) is 5.82 Å². The van der Waals surface area contributed by atoms with E-state index in [2.05, 4.69) is 17.1 Å². The number of phenolic OH excluding ortho intramolecular Hbond substituents is 1. The van der Waals surface area contributed by atoms with E-state index in [-0.39, 0.29) is 11.9 Å². The average molecular weight is 277 g/mol. The van der Waals surface area contributed by atoms with E-state index in [9.17, 15) is 5.11 Å². The molecule has 0 saturated heterocycles. The number of benzene rings is 1. The lowest BCUT2D eigenvalue weighted by molar-refractivity contribution is 0.0478. The predicted molar refractivity (Wildman–Crippen MR) is 75.1 cm³/mol. The lowest BCUT2D eigenvalue weighted by Gasteiger charge is -2.11. The average Bonchev–Trinajstić information content (AvgIpc) is 2.91. The third-order valence-electron chi connectivity index (χ3n) is 2.93. The summed E-state index contributed by atoms with van der Waals surface area (Å²) in [6.45, 7) is 4.60. The van der Waals surface area contributed by atoms with Gasteiger partial charge in [0.1, 0.15) is 11.9 Å². The second-order valence-electron chi connectivity index (χ2n) is 4.46. The first kappa shape index (κ1) is 14.3. The molecule has 108 valence electrons. The molecule has 0 aliphatic rings. The van der Waals surface area contributed by atoms with Crippen LogP contribution in [0.5, 0.6) is 5.75 Å². The number of nitrogens with two attached hydrogens (primary N) is 1. The second-order valence-corrected chi connectivity index (χ2v) is 4.46. The van der Waals surface area contributed by atoms with Gasteiger partial charge in [-0.3, -0.25) is 0 Å². The summed E-state index contributed by atoms with van der Waals surface area (Å²) in [5.41, 5.74) is 6.50. The number of anilines is 1. The minimum Gasteiger partial charge on any atom is -0.506 e. The van der Waals surface area contributed by atoms with Crippen molar-refractivity contribution in [3.63, 3.8) is 0 Å². The number of aromatic hydroxyl groups is 1. The fourth-order valence-electron chi connectivity index (χ4n) is 1.91. The quantitative estimate of drug-likeness (QED) is 0.622. The fraction of sp³-hybridized carbons (Fsp3) is 0.429. The van der Waals surface area contributed by atoms with Crippen molar-refractivity contribution >= 4 is 5.69 Å². The molecule has 0 spiro atoms. The van der Waals surface area contributed by atoms with Crippen LogP contribution in [0, 0.1) is 0 Å². The largest absolute Gasteiger partial charge is 0.506 e. The van der Waals surface area contributed by atoms with Gasteiger partial charge in [-0.25, -0.2) is 0 Å². The van der Waals surface area contributed by atoms with Crippen LogP contribution in [0.2, 0.25) is 0 Å². The third kappa shape index (κ3) is 3.08. The zero-order valence-electron chi connectivity index (χ0n) is 11.7. The smallest absolute Gasteiger partial charge is 0.258 e. The Morgan fingerprint density at radius 2 is 2.20 bits per heavy atom. The summed E-state index contributed by atoms with van der Waals surface area (Å²) in [4.78, 5) is 4.33. The van der Waals surface area contributed by atoms with E-state index in [1.165, 1.54) is 6.07 Å². The van der Waals surface area contributed by atoms with Crippen LogP contribution in [0.25, 0.3) is 11.5 Å². The van der Waals surface area contributed by atoms with Gasteiger partial charge >= 0.3 is 0 Å². The summed E-state index contributed by atoms with van der Waals surface area (Å²) in [6, 6.07) is 4.82. The summed E-state index contributed by atoms with van der Waals surface area (Å²) < 4.78 is 10.8. The molecule has 0 aliphatic heterocycles. The highest BCUT2D eigenvalue weighted by molar-refractivity contribution is 5.63. The Kier molecular flexibility index (Phi) is 4.57. The van der Waals surface area contributed by atoms with Gasteiger partial charge in [0, 0.05) is 12.2 Å². The molecular formula is C14H19N3O3. The van der Waals surface area contributed by atoms with Crippen LogP contribution in [0.1, 0.15) is 38.6 Å². The topological polar surface area (TPSA) is 94.4 Å². The van der Waals surface area contributed by atoms with Gasteiger partial charge in [0.05, 0.1) is 5.69 Å². The van der Waals surface area contributed by atoms with Gasteiger partial charge in [0.15, 0.2) is 0 Å². The lowest BCUT2D eigenvalue weighted by atomic mass is 10.2. The Morgan fingerprint density at radius 1 is 1.40 bits per heavy atom. The molecule has 2 rings (SSSR count). The number of nitrogen functional groups attached to an aromatic ring is 1. The number of hydrogen-bond acceptors (Lipinski definition) is 6. The van der Waals surface area contributed by atoms with Crippen molar-refractivity contribution in [2.75, 3.05) is 12.3 Å². The number of ether oxygens (including phenoxy) is 1. The van der Waals surface area contributed by atoms with Crippen LogP contribution >= 0.6 is 0 Å². The molecule has 1 unspecified atom stereocenters. The fourth-order valence-corrected chi connectivity index (χ4v) is 1.91. The molecular weight excluding hydrogens is 258 g/mol. The molecule has 0 amide bonds. The number of phenols is 1. The van der Waals surface area contributed by atoms with Gasteiger partial charge in [-0.2, -0.15) is 4.98 Å². The van der Waals surface area contributed by atoms with Crippen LogP contribution in [0.4, 0.5) is 5.69 Å². The summed E-state index contributed by atoms with van der Waals surface area (Å²) in [5, 5.41) is 13.6. The van der Waals surface area contributed by atoms with Crippen molar-refractivity contribution in [2.24, 2.45) is 0 Å². The van der Waals surface area contributed by atoms with Gasteiger partial charge in [-0.1, -0.05) is 18.5 Å². The van der Waals surface area contributed by atoms with E-state index in [1.807, 2.05) is 6.92 Å². The number of rotatable bonds is 6. The van der Waals surface area contributed by atoms with Crippen molar-refractivity contribution in [3.8, 4) is 17.2 Å². The van der Waals surface area contributed by atoms with Crippen LogP contribution in [0.3, 0.4) is 0 Å². The summed E-state index contributed by atoms with van der Waals surface area (Å²) in [7, 11) is 0. The zero-order chi connectivity index (χ0) is 14.5. The Morgan fingerprint density at radius 3 is 2.85 bits per heavy atom. The predicted octanol–water partition coefficient (Wildman–Crippen LogP) is 2.90. The maximum Gasteiger partial charge on any atom is 0.258 e. The maximum absolute atomic E-state index is 9.61. The number of nitrogens with zero attached hydrogens (tertiary/aromatic N) is 2. The highest BCUT2D eigenvalue weighted by Crippen LogP contribution is 2.28. The van der Waals surface area contributed by atoms with Gasteiger partial charge in [-0.15, -0.1) is 0 Å². The van der Waals surface area contributed by atoms with Gasteiger partial charge < -0.3 is 20.1 Å². The molecule has 2 aromatic rings. The van der Waals surface area contributed by atoms with Crippen LogP contribution in [0.15, 0.2) is 22.7 Å². The minimum absolute atomic E-state index is 0.00262. The molecule has 0 bridgehead atoms. The van der Waals surface area contributed by atoms with Crippen LogP contribution in [-0.4, -0.2) is 21.9 Å². The van der Waals surface area contributed by atoms with E-state index in [1.54, 1.807) is 12.1 Å². The third-order valence-corrected chi connectivity index (χ3v) is 2.93. The summed E-state index contributed by atoms with van der Waals surface area (Å²) in [6.07, 6.45) is 1.64. The first-order valence-corrected chi connectivity index (χ1v) is 6.69. The lowest BCUT2D eigenvalue weighted by Crippen LogP contribution is -2.05. The first-order chi connectivity index (χ1) is 9.65. The summed E-state index contributed by atoms with van der Waals surface area (Å²) >= 11 is 0. The number of aromatic nitrogens is 2. The number of hydrogen-bond donors (Lipinski definition) is 2. The molecule has 0 radical (unpaired) electrons. The maximum atomic E-state index is 9.61. The Balaban J connectivity index is 2.24. The molecule has 20 heavy (non-hydrogen) atoms. The molecule has 1 aromatic heterocycles. The zero-order valence-corrected chi connectivity index (χ0v) is 11.7. The molecule has 1 atom stereocenters. The van der Waals surface area contributed by atoms with E-state index in [0.717, 1.165) is 12.8 Å². The van der Waals surface area contributed by atoms with Gasteiger partial charge in [0.25, 0.3) is 5.89 Å². The Hall–Kier alpha value is -2.08. The van der Waals surface area contributed by atoms with E-state index in [4.69, 9.17) is 15.0 Å². The highest BCUT2D eigenvalue weighted by atomic mass is 16.5. The van der Waals surface area contributed by atoms with Crippen molar-refractivity contribution in [2.45, 2.75) is 32.8 Å². The normalized spacial score (nSPS) is 12.5. The van der Waals surface area contributed by atoms with E-state index >= 15 is 0 Å². The first-order valence-electron chi connectivity index (χ1n) is 6.69. The molecule has 6 nitrogen and oxygen atoms in total. The van der Waals surface area contributed by atoms with E-state index < -0.39 is 0 Å². The monoisotopic (exact) mass is 277 g/mol.